The molecule has 4 heterocycles. The van der Waals surface area contributed by atoms with Gasteiger partial charge in [-0.3, -0.25) is 9.36 Å². The van der Waals surface area contributed by atoms with Crippen molar-refractivity contribution in [2.24, 2.45) is 0 Å². The summed E-state index contributed by atoms with van der Waals surface area (Å²) in [6, 6.07) is 20.5. The molecule has 0 aliphatic carbocycles. The molecule has 196 valence electrons. The zero-order valence-electron chi connectivity index (χ0n) is 20.2. The molecule has 0 aliphatic heterocycles. The monoisotopic (exact) mass is 577 g/mol. The summed E-state index contributed by atoms with van der Waals surface area (Å²) in [5.74, 6) is 2.55. The van der Waals surface area contributed by atoms with E-state index >= 15 is 0 Å². The number of benzene rings is 2. The van der Waals surface area contributed by atoms with E-state index in [-0.39, 0.29) is 18.3 Å². The average molecular weight is 578 g/mol. The molecule has 0 bridgehead atoms. The van der Waals surface area contributed by atoms with Crippen LogP contribution in [-0.2, 0) is 17.9 Å². The zero-order valence-corrected chi connectivity index (χ0v) is 22.6. The highest BCUT2D eigenvalue weighted by Crippen LogP contribution is 2.30. The molecule has 0 saturated heterocycles. The Morgan fingerprint density at radius 3 is 2.79 bits per heavy atom. The first-order valence-corrected chi connectivity index (χ1v) is 14.0. The molecular weight excluding hydrogens is 558 g/mol. The van der Waals surface area contributed by atoms with E-state index in [4.69, 9.17) is 25.2 Å². The summed E-state index contributed by atoms with van der Waals surface area (Å²) in [4.78, 5) is 17.3. The van der Waals surface area contributed by atoms with Gasteiger partial charge in [-0.2, -0.15) is 0 Å². The number of carbonyl (C=O) groups is 1. The van der Waals surface area contributed by atoms with Crippen LogP contribution in [0.5, 0.6) is 5.75 Å². The van der Waals surface area contributed by atoms with E-state index in [1.54, 1.807) is 30.5 Å². The highest BCUT2D eigenvalue weighted by atomic mass is 35.5. The van der Waals surface area contributed by atoms with E-state index in [2.05, 4.69) is 20.5 Å². The number of anilines is 1. The van der Waals surface area contributed by atoms with Crippen LogP contribution in [-0.4, -0.2) is 31.4 Å². The smallest absolute Gasteiger partial charge is 0.236 e. The Balaban J connectivity index is 1.11. The minimum atomic E-state index is -0.211. The fourth-order valence-electron chi connectivity index (χ4n) is 3.77. The largest absolute Gasteiger partial charge is 0.486 e. The predicted octanol–water partition coefficient (Wildman–Crippen LogP) is 6.75. The molecule has 0 atom stereocenters. The molecule has 0 fully saturated rings. The van der Waals surface area contributed by atoms with Crippen molar-refractivity contribution in [3.63, 3.8) is 0 Å². The molecule has 6 rings (SSSR count). The molecule has 4 aromatic heterocycles. The fourth-order valence-corrected chi connectivity index (χ4v) is 5.36. The van der Waals surface area contributed by atoms with Crippen LogP contribution in [0.2, 0.25) is 5.02 Å². The van der Waals surface area contributed by atoms with Crippen LogP contribution >= 0.6 is 34.7 Å². The number of aromatic nitrogens is 4. The minimum absolute atomic E-state index is 0.119. The first kappa shape index (κ1) is 25.2. The molecule has 9 nitrogen and oxygen atoms in total. The first-order valence-electron chi connectivity index (χ1n) is 11.8. The molecule has 12 heteroatoms. The summed E-state index contributed by atoms with van der Waals surface area (Å²) < 4.78 is 19.1. The lowest BCUT2D eigenvalue weighted by atomic mass is 10.2. The number of amides is 1. The highest BCUT2D eigenvalue weighted by Gasteiger charge is 2.17. The molecule has 0 unspecified atom stereocenters. The third-order valence-electron chi connectivity index (χ3n) is 5.63. The van der Waals surface area contributed by atoms with E-state index in [1.807, 2.05) is 52.4 Å². The normalized spacial score (nSPS) is 11.2. The zero-order chi connectivity index (χ0) is 26.6. The van der Waals surface area contributed by atoms with Gasteiger partial charge in [0.2, 0.25) is 5.91 Å². The van der Waals surface area contributed by atoms with Crippen LogP contribution in [0.15, 0.2) is 92.4 Å². The molecular formula is C27H20ClN5O4S2. The van der Waals surface area contributed by atoms with Crippen molar-refractivity contribution in [3.05, 3.63) is 95.0 Å². The fraction of sp³-hybridized carbons (Fsp3) is 0.111. The Hall–Kier alpha value is -4.06. The van der Waals surface area contributed by atoms with Crippen molar-refractivity contribution >= 4 is 56.7 Å². The van der Waals surface area contributed by atoms with Crippen LogP contribution in [0, 0.1) is 0 Å². The van der Waals surface area contributed by atoms with E-state index in [1.165, 1.54) is 23.1 Å². The second-order valence-electron chi connectivity index (χ2n) is 8.33. The van der Waals surface area contributed by atoms with E-state index in [0.717, 1.165) is 16.7 Å². The molecule has 0 radical (unpaired) electrons. The van der Waals surface area contributed by atoms with Crippen LogP contribution in [0.3, 0.4) is 0 Å². The quantitative estimate of drug-likeness (QED) is 0.178. The number of para-hydroxylation sites is 1. The van der Waals surface area contributed by atoms with Crippen LogP contribution in [0.4, 0.5) is 5.13 Å². The Morgan fingerprint density at radius 2 is 1.97 bits per heavy atom. The standard InChI is InChI=1S/C27H20ClN5O4S2/c28-18-7-9-19(10-8-18)36-14-24-31-32-27(33(24)13-20-5-3-11-35-20)39-16-25(34)30-26-29-21(15-38-26)23-12-17-4-1-2-6-22(17)37-23/h1-12,15H,13-14,16H2,(H,29,30,34). The number of halogens is 1. The number of thioether (sulfide) groups is 1. The van der Waals surface area contributed by atoms with Crippen molar-refractivity contribution in [1.82, 2.24) is 19.7 Å². The van der Waals surface area contributed by atoms with Crippen molar-refractivity contribution < 1.29 is 18.4 Å². The number of nitrogens with one attached hydrogen (secondary N) is 1. The van der Waals surface area contributed by atoms with Gasteiger partial charge in [-0.25, -0.2) is 4.98 Å². The number of carbonyl (C=O) groups excluding carboxylic acids is 1. The molecule has 1 N–H and O–H groups in total. The lowest BCUT2D eigenvalue weighted by Crippen LogP contribution is -2.15. The molecule has 6 aromatic rings. The number of ether oxygens (including phenoxy) is 1. The maximum absolute atomic E-state index is 12.7. The molecule has 2 aromatic carbocycles. The van der Waals surface area contributed by atoms with Gasteiger partial charge in [-0.05, 0) is 48.5 Å². The molecule has 1 amide bonds. The summed E-state index contributed by atoms with van der Waals surface area (Å²) in [7, 11) is 0. The van der Waals surface area contributed by atoms with Crippen molar-refractivity contribution in [3.8, 4) is 17.2 Å². The number of thiazole rings is 1. The van der Waals surface area contributed by atoms with Crippen LogP contribution in [0.1, 0.15) is 11.6 Å². The number of fused-ring (bicyclic) bond motifs is 1. The number of hydrogen-bond acceptors (Lipinski definition) is 9. The topological polar surface area (TPSA) is 108 Å². The Labute approximate surface area is 235 Å². The number of rotatable bonds is 10. The van der Waals surface area contributed by atoms with Gasteiger partial charge >= 0.3 is 0 Å². The molecule has 0 aliphatic rings. The summed E-state index contributed by atoms with van der Waals surface area (Å²) in [5.41, 5.74) is 1.46. The molecule has 39 heavy (non-hydrogen) atoms. The summed E-state index contributed by atoms with van der Waals surface area (Å²) in [5, 5.41) is 16.0. The third-order valence-corrected chi connectivity index (χ3v) is 7.61. The molecule has 0 saturated carbocycles. The SMILES string of the molecule is O=C(CSc1nnc(COc2ccc(Cl)cc2)n1Cc1ccco1)Nc1nc(-c2cc3ccccc3o2)cs1. The Bertz CT molecular complexity index is 1680. The van der Waals surface area contributed by atoms with Gasteiger partial charge in [0.1, 0.15) is 29.4 Å². The lowest BCUT2D eigenvalue weighted by Gasteiger charge is -2.10. The predicted molar refractivity (Wildman–Crippen MR) is 150 cm³/mol. The average Bonchev–Trinajstić information content (AvgIpc) is 3.75. The van der Waals surface area contributed by atoms with Gasteiger partial charge in [0.15, 0.2) is 21.9 Å². The van der Waals surface area contributed by atoms with Gasteiger partial charge in [-0.15, -0.1) is 21.5 Å². The Morgan fingerprint density at radius 1 is 1.10 bits per heavy atom. The van der Waals surface area contributed by atoms with E-state index < -0.39 is 0 Å². The maximum Gasteiger partial charge on any atom is 0.236 e. The Kier molecular flexibility index (Phi) is 7.35. The summed E-state index contributed by atoms with van der Waals surface area (Å²) in [6.07, 6.45) is 1.61. The van der Waals surface area contributed by atoms with Crippen molar-refractivity contribution in [2.45, 2.75) is 18.3 Å². The van der Waals surface area contributed by atoms with E-state index in [9.17, 15) is 4.79 Å². The number of furan rings is 2. The lowest BCUT2D eigenvalue weighted by molar-refractivity contribution is -0.113. The highest BCUT2D eigenvalue weighted by molar-refractivity contribution is 7.99. The number of nitrogens with zero attached hydrogens (tertiary/aromatic N) is 4. The van der Waals surface area contributed by atoms with E-state index in [0.29, 0.717) is 44.9 Å². The maximum atomic E-state index is 12.7. The van der Waals surface area contributed by atoms with Gasteiger partial charge < -0.3 is 18.9 Å². The van der Waals surface area contributed by atoms with Gasteiger partial charge in [0.25, 0.3) is 0 Å². The van der Waals surface area contributed by atoms with Crippen LogP contribution in [0.25, 0.3) is 22.4 Å². The van der Waals surface area contributed by atoms with Gasteiger partial charge in [0, 0.05) is 15.8 Å². The molecule has 0 spiro atoms. The van der Waals surface area contributed by atoms with Crippen LogP contribution < -0.4 is 10.1 Å². The van der Waals surface area contributed by atoms with Crippen molar-refractivity contribution in [2.75, 3.05) is 11.1 Å². The van der Waals surface area contributed by atoms with Gasteiger partial charge in [-0.1, -0.05) is 41.6 Å². The minimum Gasteiger partial charge on any atom is -0.486 e. The second kappa shape index (κ2) is 11.4. The summed E-state index contributed by atoms with van der Waals surface area (Å²) in [6.45, 7) is 0.586. The van der Waals surface area contributed by atoms with Gasteiger partial charge in [0.05, 0.1) is 18.6 Å². The number of hydrogen-bond donors (Lipinski definition) is 1. The second-order valence-corrected chi connectivity index (χ2v) is 10.6. The third kappa shape index (κ3) is 6.00. The summed E-state index contributed by atoms with van der Waals surface area (Å²) >= 11 is 8.56. The van der Waals surface area contributed by atoms with Crippen molar-refractivity contribution in [1.29, 1.82) is 0 Å². The first-order chi connectivity index (χ1) is 19.1.